The average Bonchev–Trinajstić information content (AvgIpc) is 2.51. The molecule has 0 saturated heterocycles. The Morgan fingerprint density at radius 2 is 1.74 bits per heavy atom. The van der Waals surface area contributed by atoms with Gasteiger partial charge in [0.25, 0.3) is 0 Å². The van der Waals surface area contributed by atoms with E-state index >= 15 is 0 Å². The van der Waals surface area contributed by atoms with Crippen LogP contribution in [0.5, 0.6) is 0 Å². The Morgan fingerprint density at radius 1 is 1.16 bits per heavy atom. The molecule has 0 radical (unpaired) electrons. The Hall–Kier alpha value is -1.31. The van der Waals surface area contributed by atoms with Gasteiger partial charge in [-0.2, -0.15) is 0 Å². The molecule has 0 bridgehead atoms. The van der Waals surface area contributed by atoms with Crippen LogP contribution in [0.1, 0.15) is 19.3 Å². The first kappa shape index (κ1) is 15.7. The summed E-state index contributed by atoms with van der Waals surface area (Å²) < 4.78 is 18.9. The molecule has 8 heteroatoms. The molecule has 108 valence electrons. The highest BCUT2D eigenvalue weighted by Crippen LogP contribution is 2.27. The van der Waals surface area contributed by atoms with E-state index in [1.807, 2.05) is 0 Å². The molecule has 0 aromatic carbocycles. The van der Waals surface area contributed by atoms with E-state index in [1.54, 1.807) is 0 Å². The molecule has 7 nitrogen and oxygen atoms in total. The summed E-state index contributed by atoms with van der Waals surface area (Å²) in [5.41, 5.74) is 0. The van der Waals surface area contributed by atoms with Crippen LogP contribution in [-0.4, -0.2) is 49.3 Å². The van der Waals surface area contributed by atoms with Gasteiger partial charge in [0.15, 0.2) is 6.10 Å². The molecule has 0 aromatic heterocycles. The molecular weight excluding hydrogens is 324 g/mol. The van der Waals surface area contributed by atoms with Gasteiger partial charge in [-0.15, -0.1) is 0 Å². The molecule has 0 spiro atoms. The van der Waals surface area contributed by atoms with E-state index in [-0.39, 0.29) is 25.0 Å². The lowest BCUT2D eigenvalue weighted by atomic mass is 10.1. The lowest BCUT2D eigenvalue weighted by molar-refractivity contribution is -0.119. The van der Waals surface area contributed by atoms with E-state index in [0.717, 1.165) is 0 Å². The van der Waals surface area contributed by atoms with Gasteiger partial charge in [0.1, 0.15) is 11.9 Å². The van der Waals surface area contributed by atoms with Crippen LogP contribution in [0, 0.1) is 0 Å². The molecule has 19 heavy (non-hydrogen) atoms. The summed E-state index contributed by atoms with van der Waals surface area (Å²) in [5, 5.41) is 0. The molecule has 1 aliphatic carbocycles. The third-order valence-corrected chi connectivity index (χ3v) is 3.51. The summed E-state index contributed by atoms with van der Waals surface area (Å²) in [4.78, 5) is 33.4. The van der Waals surface area contributed by atoms with Gasteiger partial charge in [-0.1, -0.05) is 15.9 Å². The first-order valence-electron chi connectivity index (χ1n) is 5.63. The minimum Gasteiger partial charge on any atom is -0.438 e. The number of hydrogen-bond acceptors (Lipinski definition) is 7. The van der Waals surface area contributed by atoms with E-state index in [0.29, 0.717) is 0 Å². The van der Waals surface area contributed by atoms with Crippen LogP contribution in [0.15, 0.2) is 0 Å². The molecule has 0 heterocycles. The Bertz CT molecular complexity index is 357. The second-order valence-electron chi connectivity index (χ2n) is 3.94. The van der Waals surface area contributed by atoms with Crippen LogP contribution in [0.4, 0.5) is 9.59 Å². The smallest absolute Gasteiger partial charge is 0.438 e. The zero-order valence-corrected chi connectivity index (χ0v) is 12.2. The van der Waals surface area contributed by atoms with E-state index in [9.17, 15) is 14.4 Å². The molecule has 0 unspecified atom stereocenters. The molecule has 1 aliphatic rings. The largest absolute Gasteiger partial charge is 0.508 e. The van der Waals surface area contributed by atoms with Gasteiger partial charge in [-0.05, 0) is 6.42 Å². The van der Waals surface area contributed by atoms with Crippen molar-refractivity contribution < 1.29 is 33.3 Å². The molecule has 0 amide bonds. The van der Waals surface area contributed by atoms with E-state index in [2.05, 4.69) is 25.4 Å². The summed E-state index contributed by atoms with van der Waals surface area (Å²) in [5.74, 6) is -0.00342. The maximum Gasteiger partial charge on any atom is 0.508 e. The quantitative estimate of drug-likeness (QED) is 0.431. The summed E-state index contributed by atoms with van der Waals surface area (Å²) in [6, 6.07) is 0. The summed E-state index contributed by atoms with van der Waals surface area (Å²) >= 11 is 3.27. The van der Waals surface area contributed by atoms with E-state index < -0.39 is 29.3 Å². The lowest BCUT2D eigenvalue weighted by Crippen LogP contribution is -2.40. The number of ketones is 1. The number of methoxy groups -OCH3 is 2. The van der Waals surface area contributed by atoms with Gasteiger partial charge >= 0.3 is 12.3 Å². The fraction of sp³-hybridized carbons (Fsp3) is 0.727. The van der Waals surface area contributed by atoms with Gasteiger partial charge in [0.2, 0.25) is 0 Å². The molecule has 0 N–H and O–H groups in total. The zero-order valence-electron chi connectivity index (χ0n) is 10.6. The highest BCUT2D eigenvalue weighted by Gasteiger charge is 2.38. The summed E-state index contributed by atoms with van der Waals surface area (Å²) in [7, 11) is 2.34. The van der Waals surface area contributed by atoms with Crippen molar-refractivity contribution in [2.45, 2.75) is 36.3 Å². The van der Waals surface area contributed by atoms with Crippen molar-refractivity contribution in [3.8, 4) is 0 Å². The van der Waals surface area contributed by atoms with Crippen molar-refractivity contribution in [3.05, 3.63) is 0 Å². The van der Waals surface area contributed by atoms with Gasteiger partial charge in [-0.25, -0.2) is 9.59 Å². The monoisotopic (exact) mass is 338 g/mol. The van der Waals surface area contributed by atoms with Gasteiger partial charge in [0.05, 0.1) is 19.0 Å². The fourth-order valence-corrected chi connectivity index (χ4v) is 2.55. The van der Waals surface area contributed by atoms with Crippen LogP contribution < -0.4 is 0 Å². The summed E-state index contributed by atoms with van der Waals surface area (Å²) in [6.07, 6.45) is -2.68. The Balaban J connectivity index is 2.82. The van der Waals surface area contributed by atoms with Crippen molar-refractivity contribution in [3.63, 3.8) is 0 Å². The number of carbonyl (C=O) groups is 3. The van der Waals surface area contributed by atoms with E-state index in [1.165, 1.54) is 14.2 Å². The third kappa shape index (κ3) is 4.70. The Labute approximate surface area is 118 Å². The minimum atomic E-state index is -0.901. The first-order valence-corrected chi connectivity index (χ1v) is 6.54. The second-order valence-corrected chi connectivity index (χ2v) is 5.12. The minimum absolute atomic E-state index is 0.00342. The van der Waals surface area contributed by atoms with Crippen LogP contribution in [0.3, 0.4) is 0 Å². The topological polar surface area (TPSA) is 88.1 Å². The van der Waals surface area contributed by atoms with Crippen LogP contribution in [-0.2, 0) is 23.7 Å². The highest BCUT2D eigenvalue weighted by molar-refractivity contribution is 9.09. The van der Waals surface area contributed by atoms with Crippen molar-refractivity contribution in [1.82, 2.24) is 0 Å². The first-order chi connectivity index (χ1) is 8.97. The Kier molecular flexibility index (Phi) is 6.07. The number of halogens is 1. The molecule has 3 atom stereocenters. The number of carbonyl (C=O) groups excluding carboxylic acids is 3. The molecular formula is C11H15BrO7. The predicted octanol–water partition coefficient (Wildman–Crippen LogP) is 1.81. The number of ether oxygens (including phenoxy) is 4. The van der Waals surface area contributed by atoms with Crippen molar-refractivity contribution in [2.24, 2.45) is 0 Å². The number of Topliss-reactive ketones (excluding diaryl/α,β-unsaturated/α-hetero) is 1. The molecule has 1 saturated carbocycles. The maximum atomic E-state index is 11.5. The standard InChI is InChI=1S/C11H15BrO7/c1-16-10(14)18-8-4-3-6(13)5-7(12)9(8)19-11(15)17-2/h7-9H,3-5H2,1-2H3/t7-,8-,9+/m1/s1. The van der Waals surface area contributed by atoms with Gasteiger partial charge in [-0.3, -0.25) is 4.79 Å². The van der Waals surface area contributed by atoms with Crippen molar-refractivity contribution >= 4 is 34.0 Å². The lowest BCUT2D eigenvalue weighted by Gasteiger charge is -2.26. The normalized spacial score (nSPS) is 27.1. The second kappa shape index (κ2) is 7.32. The molecule has 1 rings (SSSR count). The van der Waals surface area contributed by atoms with Gasteiger partial charge in [0, 0.05) is 12.8 Å². The van der Waals surface area contributed by atoms with Gasteiger partial charge < -0.3 is 18.9 Å². The summed E-state index contributed by atoms with van der Waals surface area (Å²) in [6.45, 7) is 0. The van der Waals surface area contributed by atoms with Crippen molar-refractivity contribution in [1.29, 1.82) is 0 Å². The average molecular weight is 339 g/mol. The van der Waals surface area contributed by atoms with Crippen molar-refractivity contribution in [2.75, 3.05) is 14.2 Å². The third-order valence-electron chi connectivity index (χ3n) is 2.67. The molecule has 0 aliphatic heterocycles. The number of hydrogen-bond donors (Lipinski definition) is 0. The highest BCUT2D eigenvalue weighted by atomic mass is 79.9. The van der Waals surface area contributed by atoms with E-state index in [4.69, 9.17) is 9.47 Å². The van der Waals surface area contributed by atoms with Crippen LogP contribution in [0.2, 0.25) is 0 Å². The Morgan fingerprint density at radius 3 is 2.32 bits per heavy atom. The SMILES string of the molecule is COC(=O)O[C@H]1[C@H](Br)CC(=O)CC[C@H]1OC(=O)OC. The maximum absolute atomic E-state index is 11.5. The fourth-order valence-electron chi connectivity index (χ4n) is 1.74. The number of alkyl halides is 1. The van der Waals surface area contributed by atoms with Crippen LogP contribution >= 0.6 is 15.9 Å². The molecule has 0 aromatic rings. The number of rotatable bonds is 2. The zero-order chi connectivity index (χ0) is 14.4. The van der Waals surface area contributed by atoms with Crippen LogP contribution in [0.25, 0.3) is 0 Å². The molecule has 1 fully saturated rings. The predicted molar refractivity (Wildman–Crippen MR) is 66.1 cm³/mol.